The third-order valence-corrected chi connectivity index (χ3v) is 5.66. The summed E-state index contributed by atoms with van der Waals surface area (Å²) in [5.74, 6) is 0. The lowest BCUT2D eigenvalue weighted by atomic mass is 10.3. The van der Waals surface area contributed by atoms with E-state index in [9.17, 15) is 8.42 Å². The average Bonchev–Trinajstić information content (AvgIpc) is 2.23. The fourth-order valence-electron chi connectivity index (χ4n) is 0.977. The molecule has 8 heteroatoms. The van der Waals surface area contributed by atoms with Crippen molar-refractivity contribution in [3.8, 4) is 0 Å². The van der Waals surface area contributed by atoms with E-state index in [4.69, 9.17) is 17.3 Å². The quantitative estimate of drug-likeness (QED) is 0.812. The normalized spacial score (nSPS) is 13.1. The summed E-state index contributed by atoms with van der Waals surface area (Å²) in [7, 11) is -3.66. The third-order valence-electron chi connectivity index (χ3n) is 2.07. The van der Waals surface area contributed by atoms with E-state index in [1.54, 1.807) is 18.2 Å². The summed E-state index contributed by atoms with van der Waals surface area (Å²) < 4.78 is 26.6. The molecule has 0 saturated heterocycles. The second kappa shape index (κ2) is 5.51. The van der Waals surface area contributed by atoms with Crippen LogP contribution >= 0.6 is 39.7 Å². The Labute approximate surface area is 119 Å². The van der Waals surface area contributed by atoms with Crippen molar-refractivity contribution >= 4 is 60.4 Å². The molecule has 1 rings (SSSR count). The molecule has 0 heterocycles. The molecule has 1 atom stereocenters. The number of hydrogen-bond donors (Lipinski definition) is 2. The highest BCUT2D eigenvalue weighted by atomic mass is 79.9. The van der Waals surface area contributed by atoms with Crippen LogP contribution in [-0.2, 0) is 10.0 Å². The number of halogens is 2. The van der Waals surface area contributed by atoms with Crippen LogP contribution in [0.4, 0.5) is 5.69 Å². The van der Waals surface area contributed by atoms with E-state index in [0.717, 1.165) is 0 Å². The Kier molecular flexibility index (Phi) is 4.77. The number of sulfonamides is 1. The smallest absolute Gasteiger partial charge is 0.241 e. The van der Waals surface area contributed by atoms with E-state index in [0.29, 0.717) is 15.2 Å². The minimum Gasteiger partial charge on any atom is -0.392 e. The number of hydrogen-bond acceptors (Lipinski definition) is 3. The predicted molar refractivity (Wildman–Crippen MR) is 77.9 cm³/mol. The van der Waals surface area contributed by atoms with E-state index in [1.807, 2.05) is 0 Å². The zero-order valence-electron chi connectivity index (χ0n) is 8.78. The van der Waals surface area contributed by atoms with E-state index in [1.165, 1.54) is 6.92 Å². The Morgan fingerprint density at radius 3 is 2.71 bits per heavy atom. The molecule has 94 valence electrons. The van der Waals surface area contributed by atoms with Gasteiger partial charge in [0, 0.05) is 0 Å². The van der Waals surface area contributed by atoms with Gasteiger partial charge in [-0.3, -0.25) is 4.72 Å². The van der Waals surface area contributed by atoms with Gasteiger partial charge in [0.1, 0.15) is 5.25 Å². The summed E-state index contributed by atoms with van der Waals surface area (Å²) in [6.07, 6.45) is 0. The van der Waals surface area contributed by atoms with Crippen LogP contribution in [0.25, 0.3) is 0 Å². The Morgan fingerprint density at radius 2 is 2.18 bits per heavy atom. The zero-order chi connectivity index (χ0) is 13.2. The number of nitrogens with one attached hydrogen (secondary N) is 1. The minimum absolute atomic E-state index is 0.0874. The van der Waals surface area contributed by atoms with Crippen molar-refractivity contribution in [1.82, 2.24) is 0 Å². The largest absolute Gasteiger partial charge is 0.392 e. The van der Waals surface area contributed by atoms with Crippen LogP contribution in [0.2, 0.25) is 5.02 Å². The first-order valence-electron chi connectivity index (χ1n) is 4.50. The Bertz CT molecular complexity index is 548. The van der Waals surface area contributed by atoms with Crippen LogP contribution < -0.4 is 10.5 Å². The average molecular weight is 358 g/mol. The second-order valence-corrected chi connectivity index (χ2v) is 6.97. The molecule has 1 aromatic rings. The predicted octanol–water partition coefficient (Wildman–Crippen LogP) is 2.52. The molecule has 0 radical (unpaired) electrons. The molecule has 1 aromatic carbocycles. The molecule has 0 amide bonds. The van der Waals surface area contributed by atoms with E-state index in [-0.39, 0.29) is 4.99 Å². The SMILES string of the molecule is CC(C(N)=S)S(=O)(=O)Nc1cccc(Cl)c1Br. The number of anilines is 1. The Morgan fingerprint density at radius 1 is 1.59 bits per heavy atom. The van der Waals surface area contributed by atoms with Gasteiger partial charge in [0.2, 0.25) is 10.0 Å². The van der Waals surface area contributed by atoms with Crippen molar-refractivity contribution in [2.45, 2.75) is 12.2 Å². The summed E-state index contributed by atoms with van der Waals surface area (Å²) in [4.78, 5) is -0.0874. The molecule has 3 N–H and O–H groups in total. The maximum Gasteiger partial charge on any atom is 0.241 e. The number of thiocarbonyl (C=S) groups is 1. The second-order valence-electron chi connectivity index (χ2n) is 3.29. The molecule has 4 nitrogen and oxygen atoms in total. The van der Waals surface area contributed by atoms with Gasteiger partial charge in [-0.25, -0.2) is 8.42 Å². The van der Waals surface area contributed by atoms with Gasteiger partial charge in [0.25, 0.3) is 0 Å². The standard InChI is InChI=1S/C9H10BrClN2O2S2/c1-5(9(12)16)17(14,15)13-7-4-2-3-6(11)8(7)10/h2-5,13H,1H3,(H2,12,16). The summed E-state index contributed by atoms with van der Waals surface area (Å²) in [5.41, 5.74) is 5.67. The van der Waals surface area contributed by atoms with Crippen molar-refractivity contribution in [2.24, 2.45) is 5.73 Å². The van der Waals surface area contributed by atoms with Gasteiger partial charge in [-0.2, -0.15) is 0 Å². The van der Waals surface area contributed by atoms with E-state index in [2.05, 4.69) is 32.9 Å². The molecule has 0 spiro atoms. The zero-order valence-corrected chi connectivity index (χ0v) is 12.8. The topological polar surface area (TPSA) is 72.2 Å². The number of rotatable bonds is 4. The van der Waals surface area contributed by atoms with Crippen LogP contribution in [0.15, 0.2) is 22.7 Å². The van der Waals surface area contributed by atoms with Crippen LogP contribution in [0.5, 0.6) is 0 Å². The fraction of sp³-hybridized carbons (Fsp3) is 0.222. The van der Waals surface area contributed by atoms with Gasteiger partial charge in [0.15, 0.2) is 0 Å². The lowest BCUT2D eigenvalue weighted by Gasteiger charge is -2.14. The van der Waals surface area contributed by atoms with Crippen molar-refractivity contribution in [1.29, 1.82) is 0 Å². The third kappa shape index (κ3) is 3.54. The maximum absolute atomic E-state index is 11.9. The van der Waals surface area contributed by atoms with Crippen molar-refractivity contribution in [3.63, 3.8) is 0 Å². The lowest BCUT2D eigenvalue weighted by molar-refractivity contribution is 0.598. The molecule has 0 aliphatic carbocycles. The van der Waals surface area contributed by atoms with Crippen molar-refractivity contribution < 1.29 is 8.42 Å². The van der Waals surface area contributed by atoms with Gasteiger partial charge in [-0.1, -0.05) is 29.9 Å². The minimum atomic E-state index is -3.66. The number of nitrogens with two attached hydrogens (primary N) is 1. The van der Waals surface area contributed by atoms with Gasteiger partial charge in [0.05, 0.1) is 20.2 Å². The molecule has 1 unspecified atom stereocenters. The first-order chi connectivity index (χ1) is 7.75. The summed E-state index contributed by atoms with van der Waals surface area (Å²) in [5, 5.41) is -0.545. The molecule has 0 aliphatic rings. The Balaban J connectivity index is 3.07. The first kappa shape index (κ1) is 14.7. The molecule has 17 heavy (non-hydrogen) atoms. The van der Waals surface area contributed by atoms with E-state index >= 15 is 0 Å². The highest BCUT2D eigenvalue weighted by Gasteiger charge is 2.24. The monoisotopic (exact) mass is 356 g/mol. The molecular weight excluding hydrogens is 348 g/mol. The first-order valence-corrected chi connectivity index (χ1v) is 7.63. The van der Waals surface area contributed by atoms with Crippen molar-refractivity contribution in [3.05, 3.63) is 27.7 Å². The van der Waals surface area contributed by atoms with Gasteiger partial charge >= 0.3 is 0 Å². The van der Waals surface area contributed by atoms with Crippen LogP contribution in [0, 0.1) is 0 Å². The maximum atomic E-state index is 11.9. The fourth-order valence-corrected chi connectivity index (χ4v) is 2.99. The Hall–Kier alpha value is -0.370. The van der Waals surface area contributed by atoms with E-state index < -0.39 is 15.3 Å². The summed E-state index contributed by atoms with van der Waals surface area (Å²) in [6.45, 7) is 1.42. The number of benzene rings is 1. The lowest BCUT2D eigenvalue weighted by Crippen LogP contribution is -2.35. The van der Waals surface area contributed by atoms with Gasteiger partial charge in [-0.05, 0) is 35.0 Å². The summed E-state index contributed by atoms with van der Waals surface area (Å²) >= 11 is 13.7. The van der Waals surface area contributed by atoms with Crippen LogP contribution in [-0.4, -0.2) is 18.7 Å². The van der Waals surface area contributed by atoms with Gasteiger partial charge < -0.3 is 5.73 Å². The van der Waals surface area contributed by atoms with Gasteiger partial charge in [-0.15, -0.1) is 0 Å². The molecular formula is C9H10BrClN2O2S2. The highest BCUT2D eigenvalue weighted by Crippen LogP contribution is 2.31. The van der Waals surface area contributed by atoms with Crippen LogP contribution in [0.3, 0.4) is 0 Å². The summed E-state index contributed by atoms with van der Waals surface area (Å²) in [6, 6.07) is 4.86. The van der Waals surface area contributed by atoms with Crippen LogP contribution in [0.1, 0.15) is 6.92 Å². The highest BCUT2D eigenvalue weighted by molar-refractivity contribution is 9.10. The van der Waals surface area contributed by atoms with Crippen molar-refractivity contribution in [2.75, 3.05) is 4.72 Å². The molecule has 0 aromatic heterocycles. The molecule has 0 saturated carbocycles. The molecule has 0 aliphatic heterocycles. The molecule has 0 bridgehead atoms. The molecule has 0 fully saturated rings.